The number of hydrogen-bond acceptors (Lipinski definition) is 4. The molecular weight excluding hydrogens is 440 g/mol. The summed E-state index contributed by atoms with van der Waals surface area (Å²) >= 11 is 3.36. The average molecular weight is 461 g/mol. The van der Waals surface area contributed by atoms with Gasteiger partial charge in [0, 0.05) is 10.5 Å². The highest BCUT2D eigenvalue weighted by atomic mass is 79.9. The van der Waals surface area contributed by atoms with Gasteiger partial charge in [-0.3, -0.25) is 0 Å². The first kappa shape index (κ1) is 19.3. The molecule has 1 heterocycles. The number of sulfonamides is 1. The molecule has 1 aliphatic carbocycles. The van der Waals surface area contributed by atoms with E-state index in [0.717, 1.165) is 18.4 Å². The average Bonchev–Trinajstić information content (AvgIpc) is 3.41. The summed E-state index contributed by atoms with van der Waals surface area (Å²) < 4.78 is 30.3. The summed E-state index contributed by atoms with van der Waals surface area (Å²) in [5, 5.41) is 8.38. The van der Waals surface area contributed by atoms with Crippen LogP contribution in [0.2, 0.25) is 0 Å². The van der Waals surface area contributed by atoms with E-state index in [-0.39, 0.29) is 17.5 Å². The lowest BCUT2D eigenvalue weighted by Gasteiger charge is -2.21. The van der Waals surface area contributed by atoms with Crippen LogP contribution in [0.3, 0.4) is 0 Å². The number of halogens is 1. The highest BCUT2D eigenvalue weighted by molar-refractivity contribution is 9.10. The second kappa shape index (κ2) is 7.77. The van der Waals surface area contributed by atoms with Gasteiger partial charge in [0.1, 0.15) is 0 Å². The summed E-state index contributed by atoms with van der Waals surface area (Å²) in [6.07, 6.45) is 3.58. The Morgan fingerprint density at radius 2 is 1.86 bits per heavy atom. The van der Waals surface area contributed by atoms with Gasteiger partial charge in [0.2, 0.25) is 10.0 Å². The van der Waals surface area contributed by atoms with Crippen molar-refractivity contribution in [2.75, 3.05) is 0 Å². The van der Waals surface area contributed by atoms with Gasteiger partial charge in [-0.15, -0.1) is 5.10 Å². The zero-order valence-corrected chi connectivity index (χ0v) is 17.9. The molecule has 1 fully saturated rings. The summed E-state index contributed by atoms with van der Waals surface area (Å²) in [6.45, 7) is 2.88. The standard InChI is InChI=1S/C20H21BrN4O2S/c1-15-6-8-16(9-7-15)12-24-13-17(22-23-24)14-25(18-10-11-18)28(26,27)20-5-3-2-4-19(20)21/h2-9,13,18H,10-12,14H2,1H3. The van der Waals surface area contributed by atoms with Gasteiger partial charge in [0.25, 0.3) is 0 Å². The van der Waals surface area contributed by atoms with Gasteiger partial charge in [-0.2, -0.15) is 4.31 Å². The largest absolute Gasteiger partial charge is 0.248 e. The predicted molar refractivity (Wildman–Crippen MR) is 110 cm³/mol. The Hall–Kier alpha value is -2.03. The van der Waals surface area contributed by atoms with Crippen molar-refractivity contribution in [3.05, 3.63) is 76.0 Å². The molecule has 0 aliphatic heterocycles. The minimum absolute atomic E-state index is 0.0272. The SMILES string of the molecule is Cc1ccc(Cn2cc(CN(C3CC3)S(=O)(=O)c3ccccc3Br)nn2)cc1. The third-order valence-corrected chi connectivity index (χ3v) is 7.66. The molecule has 0 amide bonds. The summed E-state index contributed by atoms with van der Waals surface area (Å²) in [5.41, 5.74) is 2.98. The lowest BCUT2D eigenvalue weighted by atomic mass is 10.1. The fraction of sp³-hybridized carbons (Fsp3) is 0.300. The molecule has 0 radical (unpaired) electrons. The van der Waals surface area contributed by atoms with Crippen LogP contribution < -0.4 is 0 Å². The number of benzene rings is 2. The molecule has 0 atom stereocenters. The number of rotatable bonds is 7. The first-order valence-corrected chi connectivity index (χ1v) is 11.4. The van der Waals surface area contributed by atoms with Crippen molar-refractivity contribution in [3.63, 3.8) is 0 Å². The normalized spacial score (nSPS) is 14.5. The Balaban J connectivity index is 1.54. The molecule has 4 rings (SSSR count). The molecule has 28 heavy (non-hydrogen) atoms. The minimum Gasteiger partial charge on any atom is -0.248 e. The molecule has 1 saturated carbocycles. The van der Waals surface area contributed by atoms with Crippen molar-refractivity contribution in [2.24, 2.45) is 0 Å². The minimum atomic E-state index is -3.61. The van der Waals surface area contributed by atoms with Gasteiger partial charge in [0.15, 0.2) is 0 Å². The Morgan fingerprint density at radius 3 is 2.54 bits per heavy atom. The molecule has 1 aromatic heterocycles. The molecule has 3 aromatic rings. The van der Waals surface area contributed by atoms with Gasteiger partial charge >= 0.3 is 0 Å². The van der Waals surface area contributed by atoms with Crippen LogP contribution in [0.4, 0.5) is 0 Å². The Labute approximate surface area is 173 Å². The van der Waals surface area contributed by atoms with Gasteiger partial charge in [-0.05, 0) is 53.4 Å². The van der Waals surface area contributed by atoms with Crippen molar-refractivity contribution in [3.8, 4) is 0 Å². The molecular formula is C20H21BrN4O2S. The first-order valence-electron chi connectivity index (χ1n) is 9.14. The first-order chi connectivity index (χ1) is 13.4. The van der Waals surface area contributed by atoms with Crippen LogP contribution in [-0.4, -0.2) is 33.8 Å². The van der Waals surface area contributed by atoms with Crippen molar-refractivity contribution < 1.29 is 8.42 Å². The molecule has 8 heteroatoms. The highest BCUT2D eigenvalue weighted by Gasteiger charge is 2.39. The van der Waals surface area contributed by atoms with Gasteiger partial charge in [-0.25, -0.2) is 13.1 Å². The number of hydrogen-bond donors (Lipinski definition) is 0. The van der Waals surface area contributed by atoms with Crippen molar-refractivity contribution in [1.29, 1.82) is 0 Å². The molecule has 0 spiro atoms. The van der Waals surface area contributed by atoms with E-state index in [1.165, 1.54) is 5.56 Å². The van der Waals surface area contributed by atoms with Crippen LogP contribution in [0.25, 0.3) is 0 Å². The third kappa shape index (κ3) is 4.19. The predicted octanol–water partition coefficient (Wildman–Crippen LogP) is 3.75. The van der Waals surface area contributed by atoms with Crippen molar-refractivity contribution in [1.82, 2.24) is 19.3 Å². The van der Waals surface area contributed by atoms with Gasteiger partial charge < -0.3 is 0 Å². The summed E-state index contributed by atoms with van der Waals surface area (Å²) in [4.78, 5) is 0.286. The van der Waals surface area contributed by atoms with E-state index in [0.29, 0.717) is 16.7 Å². The van der Waals surface area contributed by atoms with E-state index in [1.54, 1.807) is 33.3 Å². The monoisotopic (exact) mass is 460 g/mol. The Kier molecular flexibility index (Phi) is 5.35. The van der Waals surface area contributed by atoms with Crippen LogP contribution in [0, 0.1) is 6.92 Å². The summed E-state index contributed by atoms with van der Waals surface area (Å²) in [7, 11) is -3.61. The summed E-state index contributed by atoms with van der Waals surface area (Å²) in [6, 6.07) is 15.2. The molecule has 0 saturated heterocycles. The lowest BCUT2D eigenvalue weighted by molar-refractivity contribution is 0.394. The van der Waals surface area contributed by atoms with E-state index in [4.69, 9.17) is 0 Å². The maximum Gasteiger partial charge on any atom is 0.244 e. The van der Waals surface area contributed by atoms with Crippen molar-refractivity contribution >= 4 is 26.0 Å². The van der Waals surface area contributed by atoms with Crippen LogP contribution in [0.15, 0.2) is 64.1 Å². The van der Waals surface area contributed by atoms with Crippen LogP contribution >= 0.6 is 15.9 Å². The maximum absolute atomic E-state index is 13.2. The molecule has 0 N–H and O–H groups in total. The van der Waals surface area contributed by atoms with E-state index in [1.807, 2.05) is 6.20 Å². The Morgan fingerprint density at radius 1 is 1.14 bits per heavy atom. The topological polar surface area (TPSA) is 68.1 Å². The van der Waals surface area contributed by atoms with E-state index >= 15 is 0 Å². The van der Waals surface area contributed by atoms with Crippen molar-refractivity contribution in [2.45, 2.75) is 43.8 Å². The molecule has 2 aromatic carbocycles. The highest BCUT2D eigenvalue weighted by Crippen LogP contribution is 2.35. The molecule has 146 valence electrons. The summed E-state index contributed by atoms with van der Waals surface area (Å²) in [5.74, 6) is 0. The quantitative estimate of drug-likeness (QED) is 0.538. The Bertz CT molecular complexity index is 1080. The fourth-order valence-corrected chi connectivity index (χ4v) is 5.70. The molecule has 1 aliphatic rings. The van der Waals surface area contributed by atoms with E-state index in [9.17, 15) is 8.42 Å². The van der Waals surface area contributed by atoms with Crippen LogP contribution in [0.5, 0.6) is 0 Å². The second-order valence-corrected chi connectivity index (χ2v) is 9.82. The number of nitrogens with zero attached hydrogens (tertiary/aromatic N) is 4. The maximum atomic E-state index is 13.2. The van der Waals surface area contributed by atoms with E-state index < -0.39 is 10.0 Å². The fourth-order valence-electron chi connectivity index (χ4n) is 3.08. The van der Waals surface area contributed by atoms with Gasteiger partial charge in [0.05, 0.1) is 29.9 Å². The smallest absolute Gasteiger partial charge is 0.244 e. The lowest BCUT2D eigenvalue weighted by Crippen LogP contribution is -2.33. The zero-order chi connectivity index (χ0) is 19.7. The molecule has 0 bridgehead atoms. The van der Waals surface area contributed by atoms with Gasteiger partial charge in [-0.1, -0.05) is 47.2 Å². The zero-order valence-electron chi connectivity index (χ0n) is 15.5. The van der Waals surface area contributed by atoms with Crippen LogP contribution in [0.1, 0.15) is 29.7 Å². The molecule has 6 nitrogen and oxygen atoms in total. The van der Waals surface area contributed by atoms with Crippen LogP contribution in [-0.2, 0) is 23.1 Å². The van der Waals surface area contributed by atoms with E-state index in [2.05, 4.69) is 57.4 Å². The number of aromatic nitrogens is 3. The third-order valence-electron chi connectivity index (χ3n) is 4.75. The molecule has 0 unspecified atom stereocenters. The number of aryl methyl sites for hydroxylation is 1. The second-order valence-electron chi connectivity index (χ2n) is 7.10.